The predicted octanol–water partition coefficient (Wildman–Crippen LogP) is 5.61. The van der Waals surface area contributed by atoms with Crippen LogP contribution in [0.5, 0.6) is 5.75 Å². The topological polar surface area (TPSA) is 63.2 Å². The number of allylic oxidation sites excluding steroid dienone is 3. The zero-order valence-electron chi connectivity index (χ0n) is 19.5. The van der Waals surface area contributed by atoms with E-state index in [1.165, 1.54) is 11.1 Å². The Morgan fingerprint density at radius 2 is 2.09 bits per heavy atom. The molecule has 0 saturated heterocycles. The van der Waals surface area contributed by atoms with Crippen molar-refractivity contribution >= 4 is 34.1 Å². The molecule has 1 atom stereocenters. The number of fused-ring (bicyclic) bond motifs is 2. The first kappa shape index (κ1) is 24.1. The standard InChI is InChI=1S/C29H26ClN3O2/c1-4-19(29(34)33-25-12-8-22-17-26(35-3)13-9-21(22)16-25)7-11-24(5-2)32-28-27-18-23(30)10-6-20(27)14-15-31-28/h1,5-7,9-11,13-15,17-18,25H,2,8,12,16H2,3H3,(H,31,32)(H,33,34)/b19-7+,24-11+. The molecule has 0 spiro atoms. The van der Waals surface area contributed by atoms with E-state index in [0.29, 0.717) is 16.5 Å². The number of carbonyl (C=O) groups excluding carboxylic acids is 1. The minimum atomic E-state index is -0.274. The second-order valence-corrected chi connectivity index (χ2v) is 8.69. The Morgan fingerprint density at radius 3 is 2.86 bits per heavy atom. The zero-order valence-corrected chi connectivity index (χ0v) is 20.2. The summed E-state index contributed by atoms with van der Waals surface area (Å²) in [6.45, 7) is 3.86. The summed E-state index contributed by atoms with van der Waals surface area (Å²) in [7, 11) is 1.66. The van der Waals surface area contributed by atoms with Crippen LogP contribution in [0, 0.1) is 12.3 Å². The Bertz CT molecular complexity index is 1380. The van der Waals surface area contributed by atoms with Gasteiger partial charge >= 0.3 is 0 Å². The molecule has 0 bridgehead atoms. The molecule has 0 aliphatic heterocycles. The van der Waals surface area contributed by atoms with Gasteiger partial charge in [0.2, 0.25) is 0 Å². The molecule has 5 nitrogen and oxygen atoms in total. The lowest BCUT2D eigenvalue weighted by molar-refractivity contribution is -0.117. The first-order valence-corrected chi connectivity index (χ1v) is 11.7. The van der Waals surface area contributed by atoms with Gasteiger partial charge < -0.3 is 15.4 Å². The van der Waals surface area contributed by atoms with Crippen molar-refractivity contribution in [2.24, 2.45) is 0 Å². The summed E-state index contributed by atoms with van der Waals surface area (Å²) in [5, 5.41) is 8.81. The van der Waals surface area contributed by atoms with E-state index in [4.69, 9.17) is 22.8 Å². The van der Waals surface area contributed by atoms with Crippen molar-refractivity contribution < 1.29 is 9.53 Å². The smallest absolute Gasteiger partial charge is 0.259 e. The molecule has 6 heteroatoms. The van der Waals surface area contributed by atoms with E-state index in [-0.39, 0.29) is 17.5 Å². The fourth-order valence-electron chi connectivity index (χ4n) is 4.14. The number of ether oxygens (including phenoxy) is 1. The van der Waals surface area contributed by atoms with Crippen LogP contribution >= 0.6 is 11.6 Å². The lowest BCUT2D eigenvalue weighted by atomic mass is 9.88. The fourth-order valence-corrected chi connectivity index (χ4v) is 4.32. The third-order valence-electron chi connectivity index (χ3n) is 6.02. The van der Waals surface area contributed by atoms with Crippen LogP contribution in [0.25, 0.3) is 10.8 Å². The predicted molar refractivity (Wildman–Crippen MR) is 143 cm³/mol. The van der Waals surface area contributed by atoms with Crippen molar-refractivity contribution in [2.75, 3.05) is 12.4 Å². The van der Waals surface area contributed by atoms with Gasteiger partial charge in [0, 0.05) is 28.3 Å². The number of benzene rings is 2. The number of methoxy groups -OCH3 is 1. The molecule has 0 saturated carbocycles. The second-order valence-electron chi connectivity index (χ2n) is 8.25. The SMILES string of the molecule is C#C/C(=C\C=C(/C=C)Nc1nccc2ccc(Cl)cc12)C(=O)NC1CCc2cc(OC)ccc2C1. The summed E-state index contributed by atoms with van der Waals surface area (Å²) in [6, 6.07) is 13.6. The Kier molecular flexibility index (Phi) is 7.54. The average molecular weight is 484 g/mol. The van der Waals surface area contributed by atoms with Gasteiger partial charge in [0.05, 0.1) is 12.7 Å². The van der Waals surface area contributed by atoms with Crippen LogP contribution < -0.4 is 15.4 Å². The number of nitrogens with zero attached hydrogens (tertiary/aromatic N) is 1. The van der Waals surface area contributed by atoms with E-state index in [1.54, 1.807) is 31.5 Å². The van der Waals surface area contributed by atoms with Crippen LogP contribution in [0.4, 0.5) is 5.82 Å². The molecule has 1 aliphatic rings. The van der Waals surface area contributed by atoms with Crippen molar-refractivity contribution in [2.45, 2.75) is 25.3 Å². The van der Waals surface area contributed by atoms with Gasteiger partial charge in [-0.25, -0.2) is 4.98 Å². The van der Waals surface area contributed by atoms with E-state index >= 15 is 0 Å². The van der Waals surface area contributed by atoms with Gasteiger partial charge in [0.15, 0.2) is 0 Å². The van der Waals surface area contributed by atoms with Crippen molar-refractivity contribution in [3.63, 3.8) is 0 Å². The molecular formula is C29H26ClN3O2. The van der Waals surface area contributed by atoms with E-state index in [2.05, 4.69) is 40.2 Å². The number of nitrogens with one attached hydrogen (secondary N) is 2. The second kappa shape index (κ2) is 10.9. The third-order valence-corrected chi connectivity index (χ3v) is 6.25. The number of hydrogen-bond donors (Lipinski definition) is 2. The number of rotatable bonds is 7. The number of hydrogen-bond acceptors (Lipinski definition) is 4. The highest BCUT2D eigenvalue weighted by Gasteiger charge is 2.21. The van der Waals surface area contributed by atoms with Crippen LogP contribution in [0.2, 0.25) is 5.02 Å². The zero-order chi connectivity index (χ0) is 24.8. The number of amides is 1. The molecule has 4 rings (SSSR count). The number of carbonyl (C=O) groups is 1. The molecule has 1 heterocycles. The van der Waals surface area contributed by atoms with E-state index < -0.39 is 0 Å². The van der Waals surface area contributed by atoms with Gasteiger partial charge in [-0.05, 0) is 84.3 Å². The van der Waals surface area contributed by atoms with Crippen molar-refractivity contribution in [1.29, 1.82) is 0 Å². The molecule has 3 aromatic rings. The summed E-state index contributed by atoms with van der Waals surface area (Å²) >= 11 is 6.17. The molecule has 1 unspecified atom stereocenters. The molecule has 1 aromatic heterocycles. The Morgan fingerprint density at radius 1 is 1.23 bits per heavy atom. The maximum absolute atomic E-state index is 12.9. The van der Waals surface area contributed by atoms with Crippen LogP contribution in [0.1, 0.15) is 17.5 Å². The Balaban J connectivity index is 1.47. The summed E-state index contributed by atoms with van der Waals surface area (Å²) < 4.78 is 5.31. The Labute approximate surface area is 210 Å². The fraction of sp³-hybridized carbons (Fsp3) is 0.172. The van der Waals surface area contributed by atoms with Crippen molar-refractivity contribution in [1.82, 2.24) is 10.3 Å². The number of anilines is 1. The number of aromatic nitrogens is 1. The van der Waals surface area contributed by atoms with E-state index in [9.17, 15) is 4.79 Å². The summed E-state index contributed by atoms with van der Waals surface area (Å²) in [6.07, 6.45) is 14.8. The number of aryl methyl sites for hydroxylation is 1. The van der Waals surface area contributed by atoms with Gasteiger partial charge in [0.1, 0.15) is 11.6 Å². The normalized spacial score (nSPS) is 15.6. The third kappa shape index (κ3) is 5.74. The van der Waals surface area contributed by atoms with Crippen molar-refractivity contribution in [3.05, 3.63) is 101 Å². The maximum atomic E-state index is 12.9. The molecule has 2 N–H and O–H groups in total. The lowest BCUT2D eigenvalue weighted by Gasteiger charge is -2.26. The average Bonchev–Trinajstić information content (AvgIpc) is 2.88. The van der Waals surface area contributed by atoms with E-state index in [0.717, 1.165) is 35.8 Å². The Hall–Kier alpha value is -4.01. The highest BCUT2D eigenvalue weighted by Crippen LogP contribution is 2.27. The summed E-state index contributed by atoms with van der Waals surface area (Å²) in [4.78, 5) is 17.3. The number of halogens is 1. The lowest BCUT2D eigenvalue weighted by Crippen LogP contribution is -2.39. The van der Waals surface area contributed by atoms with Crippen LogP contribution in [-0.4, -0.2) is 24.0 Å². The molecule has 0 fully saturated rings. The number of terminal acetylenes is 1. The van der Waals surface area contributed by atoms with Gasteiger partial charge in [-0.3, -0.25) is 4.79 Å². The maximum Gasteiger partial charge on any atom is 0.259 e. The first-order chi connectivity index (χ1) is 17.0. The molecule has 35 heavy (non-hydrogen) atoms. The minimum absolute atomic E-state index is 0.0192. The van der Waals surface area contributed by atoms with Gasteiger partial charge in [0.25, 0.3) is 5.91 Å². The van der Waals surface area contributed by atoms with Gasteiger partial charge in [-0.2, -0.15) is 0 Å². The highest BCUT2D eigenvalue weighted by atomic mass is 35.5. The largest absolute Gasteiger partial charge is 0.497 e. The molecule has 176 valence electrons. The molecule has 0 radical (unpaired) electrons. The molecule has 1 aliphatic carbocycles. The van der Waals surface area contributed by atoms with Gasteiger partial charge in [-0.15, -0.1) is 6.42 Å². The van der Waals surface area contributed by atoms with Crippen LogP contribution in [0.15, 0.2) is 84.7 Å². The summed E-state index contributed by atoms with van der Waals surface area (Å²) in [5.74, 6) is 3.71. The number of pyridine rings is 1. The summed E-state index contributed by atoms with van der Waals surface area (Å²) in [5.41, 5.74) is 3.36. The quantitative estimate of drug-likeness (QED) is 0.260. The van der Waals surface area contributed by atoms with Gasteiger partial charge in [-0.1, -0.05) is 36.2 Å². The first-order valence-electron chi connectivity index (χ1n) is 11.3. The molecular weight excluding hydrogens is 458 g/mol. The van der Waals surface area contributed by atoms with Crippen LogP contribution in [-0.2, 0) is 17.6 Å². The minimum Gasteiger partial charge on any atom is -0.497 e. The monoisotopic (exact) mass is 483 g/mol. The van der Waals surface area contributed by atoms with Crippen LogP contribution in [0.3, 0.4) is 0 Å². The molecule has 1 amide bonds. The molecule has 2 aromatic carbocycles. The highest BCUT2D eigenvalue weighted by molar-refractivity contribution is 6.31. The van der Waals surface area contributed by atoms with Crippen molar-refractivity contribution in [3.8, 4) is 18.1 Å². The van der Waals surface area contributed by atoms with E-state index in [1.807, 2.05) is 30.3 Å².